The number of rotatable bonds is 5. The molecule has 0 aliphatic carbocycles. The Kier molecular flexibility index (Phi) is 6.20. The Bertz CT molecular complexity index is 1060. The summed E-state index contributed by atoms with van der Waals surface area (Å²) >= 11 is 12.0. The van der Waals surface area contributed by atoms with Crippen molar-refractivity contribution in [2.75, 3.05) is 5.32 Å². The maximum Gasteiger partial charge on any atom is 0.295 e. The smallest absolute Gasteiger partial charge is 0.295 e. The lowest BCUT2D eigenvalue weighted by atomic mass is 10.1. The zero-order valence-corrected chi connectivity index (χ0v) is 17.5. The molecule has 0 radical (unpaired) electrons. The zero-order valence-electron chi connectivity index (χ0n) is 16.0. The molecule has 0 aliphatic heterocycles. The average molecular weight is 432 g/mol. The van der Waals surface area contributed by atoms with E-state index in [9.17, 15) is 9.59 Å². The highest BCUT2D eigenvalue weighted by Gasteiger charge is 2.19. The van der Waals surface area contributed by atoms with E-state index in [2.05, 4.69) is 20.7 Å². The lowest BCUT2D eigenvalue weighted by molar-refractivity contribution is 0.0944. The van der Waals surface area contributed by atoms with E-state index in [1.165, 1.54) is 10.7 Å². The van der Waals surface area contributed by atoms with Gasteiger partial charge in [0.15, 0.2) is 0 Å². The largest absolute Gasteiger partial charge is 0.350 e. The summed E-state index contributed by atoms with van der Waals surface area (Å²) in [4.78, 5) is 29.4. The van der Waals surface area contributed by atoms with Crippen LogP contribution in [-0.2, 0) is 0 Å². The van der Waals surface area contributed by atoms with Crippen LogP contribution in [-0.4, -0.2) is 32.6 Å². The van der Waals surface area contributed by atoms with Crippen LogP contribution in [0.3, 0.4) is 0 Å². The maximum absolute atomic E-state index is 12.7. The molecule has 0 saturated carbocycles. The molecule has 2 aromatic carbocycles. The first kappa shape index (κ1) is 20.8. The van der Waals surface area contributed by atoms with Crippen LogP contribution in [0.1, 0.15) is 40.6 Å². The molecule has 0 unspecified atom stereocenters. The van der Waals surface area contributed by atoms with Gasteiger partial charge in [-0.2, -0.15) is 0 Å². The monoisotopic (exact) mass is 431 g/mol. The van der Waals surface area contributed by atoms with Gasteiger partial charge in [-0.05, 0) is 63.2 Å². The first-order valence-electron chi connectivity index (χ1n) is 8.86. The third-order valence-electron chi connectivity index (χ3n) is 3.94. The fourth-order valence-electron chi connectivity index (χ4n) is 2.65. The van der Waals surface area contributed by atoms with Gasteiger partial charge in [0.25, 0.3) is 11.8 Å². The second-order valence-electron chi connectivity index (χ2n) is 6.64. The summed E-state index contributed by atoms with van der Waals surface area (Å²) in [5.74, 6) is -0.376. The molecule has 0 spiro atoms. The van der Waals surface area contributed by atoms with Crippen LogP contribution in [0.4, 0.5) is 5.69 Å². The summed E-state index contributed by atoms with van der Waals surface area (Å²) in [6.45, 7) is 5.43. The second-order valence-corrected chi connectivity index (χ2v) is 7.52. The van der Waals surface area contributed by atoms with Crippen molar-refractivity contribution in [1.29, 1.82) is 0 Å². The highest BCUT2D eigenvalue weighted by Crippen LogP contribution is 2.22. The molecule has 150 valence electrons. The molecule has 0 saturated heterocycles. The van der Waals surface area contributed by atoms with Crippen molar-refractivity contribution in [3.63, 3.8) is 0 Å². The van der Waals surface area contributed by atoms with Gasteiger partial charge in [-0.3, -0.25) is 9.59 Å². The highest BCUT2D eigenvalue weighted by molar-refractivity contribution is 6.31. The fourth-order valence-corrected chi connectivity index (χ4v) is 2.95. The number of hydrogen-bond donors (Lipinski definition) is 2. The minimum atomic E-state index is -0.554. The molecule has 3 rings (SSSR count). The summed E-state index contributed by atoms with van der Waals surface area (Å²) in [5, 5.41) is 10.7. The minimum absolute atomic E-state index is 0.0346. The van der Waals surface area contributed by atoms with Gasteiger partial charge in [-0.25, -0.2) is 9.67 Å². The van der Waals surface area contributed by atoms with Gasteiger partial charge in [-0.1, -0.05) is 23.2 Å². The first-order valence-corrected chi connectivity index (χ1v) is 9.61. The molecule has 9 heteroatoms. The van der Waals surface area contributed by atoms with Gasteiger partial charge in [0.1, 0.15) is 5.82 Å². The van der Waals surface area contributed by atoms with E-state index in [1.807, 2.05) is 13.8 Å². The van der Waals surface area contributed by atoms with Gasteiger partial charge in [0.2, 0.25) is 5.82 Å². The third-order valence-corrected chi connectivity index (χ3v) is 4.42. The summed E-state index contributed by atoms with van der Waals surface area (Å²) in [5.41, 5.74) is 1.30. The molecular weight excluding hydrogens is 413 g/mol. The Morgan fingerprint density at radius 3 is 2.31 bits per heavy atom. The molecule has 0 fully saturated rings. The molecule has 7 nitrogen and oxygen atoms in total. The van der Waals surface area contributed by atoms with E-state index < -0.39 is 5.91 Å². The molecule has 1 aromatic heterocycles. The molecular formula is C20H19Cl2N5O2. The second kappa shape index (κ2) is 8.63. The van der Waals surface area contributed by atoms with Crippen LogP contribution >= 0.6 is 23.2 Å². The number of nitrogens with zero attached hydrogens (tertiary/aromatic N) is 3. The van der Waals surface area contributed by atoms with Crippen molar-refractivity contribution >= 4 is 40.7 Å². The lowest BCUT2D eigenvalue weighted by Gasteiger charge is -2.13. The average Bonchev–Trinajstić information content (AvgIpc) is 3.03. The number of aryl methyl sites for hydroxylation is 1. The number of nitrogens with one attached hydrogen (secondary N) is 2. The number of halogens is 2. The van der Waals surface area contributed by atoms with Crippen LogP contribution in [0, 0.1) is 6.92 Å². The molecule has 0 aliphatic rings. The van der Waals surface area contributed by atoms with E-state index in [0.717, 1.165) is 5.69 Å². The third kappa shape index (κ3) is 4.93. The van der Waals surface area contributed by atoms with Crippen LogP contribution in [0.2, 0.25) is 10.0 Å². The number of hydrogen-bond acceptors (Lipinski definition) is 4. The van der Waals surface area contributed by atoms with Crippen LogP contribution in [0.15, 0.2) is 42.5 Å². The van der Waals surface area contributed by atoms with Crippen LogP contribution < -0.4 is 10.6 Å². The summed E-state index contributed by atoms with van der Waals surface area (Å²) in [6.07, 6.45) is 0. The minimum Gasteiger partial charge on any atom is -0.350 e. The number of carbonyl (C=O) groups excluding carboxylic acids is 2. The molecule has 2 N–H and O–H groups in total. The molecule has 29 heavy (non-hydrogen) atoms. The molecule has 3 aromatic rings. The van der Waals surface area contributed by atoms with E-state index in [1.54, 1.807) is 43.3 Å². The Labute approximate surface area is 178 Å². The topological polar surface area (TPSA) is 88.9 Å². The van der Waals surface area contributed by atoms with E-state index in [-0.39, 0.29) is 23.5 Å². The van der Waals surface area contributed by atoms with Gasteiger partial charge in [-0.15, -0.1) is 5.10 Å². The molecule has 0 atom stereocenters. The van der Waals surface area contributed by atoms with Crippen molar-refractivity contribution in [2.24, 2.45) is 0 Å². The van der Waals surface area contributed by atoms with Crippen molar-refractivity contribution in [2.45, 2.75) is 26.8 Å². The number of carbonyl (C=O) groups is 2. The molecule has 0 bridgehead atoms. The predicted octanol–water partition coefficient (Wildman–Crippen LogP) is 4.27. The van der Waals surface area contributed by atoms with Gasteiger partial charge in [0, 0.05) is 16.1 Å². The van der Waals surface area contributed by atoms with Gasteiger partial charge < -0.3 is 10.6 Å². The van der Waals surface area contributed by atoms with Crippen molar-refractivity contribution < 1.29 is 9.59 Å². The normalized spacial score (nSPS) is 10.8. The lowest BCUT2D eigenvalue weighted by Crippen LogP contribution is -2.31. The Hall–Kier alpha value is -2.90. The van der Waals surface area contributed by atoms with Crippen molar-refractivity contribution in [1.82, 2.24) is 20.1 Å². The Morgan fingerprint density at radius 2 is 1.66 bits per heavy atom. The number of benzene rings is 2. The van der Waals surface area contributed by atoms with Crippen LogP contribution in [0.5, 0.6) is 0 Å². The maximum atomic E-state index is 12.7. The van der Waals surface area contributed by atoms with E-state index in [0.29, 0.717) is 21.4 Å². The fraction of sp³-hybridized carbons (Fsp3) is 0.200. The predicted molar refractivity (Wildman–Crippen MR) is 113 cm³/mol. The van der Waals surface area contributed by atoms with Gasteiger partial charge >= 0.3 is 0 Å². The first-order chi connectivity index (χ1) is 13.7. The zero-order chi connectivity index (χ0) is 21.1. The van der Waals surface area contributed by atoms with E-state index >= 15 is 0 Å². The standard InChI is InChI=1S/C20H19Cl2N5O2/c1-11(2)23-19(28)16-9-6-14(22)10-17(16)25-20(29)18-24-12(3)27(26-18)15-7-4-13(21)5-8-15/h4-11H,1-3H3,(H,23,28)(H,25,29). The van der Waals surface area contributed by atoms with Crippen LogP contribution in [0.25, 0.3) is 5.69 Å². The summed E-state index contributed by atoms with van der Waals surface area (Å²) in [7, 11) is 0. The Balaban J connectivity index is 1.88. The summed E-state index contributed by atoms with van der Waals surface area (Å²) in [6, 6.07) is 11.6. The van der Waals surface area contributed by atoms with Crippen molar-refractivity contribution in [3.8, 4) is 5.69 Å². The Morgan fingerprint density at radius 1 is 1.00 bits per heavy atom. The number of anilines is 1. The number of amides is 2. The SMILES string of the molecule is Cc1nc(C(=O)Nc2cc(Cl)ccc2C(=O)NC(C)C)nn1-c1ccc(Cl)cc1. The molecule has 1 heterocycles. The summed E-state index contributed by atoms with van der Waals surface area (Å²) < 4.78 is 1.54. The number of aromatic nitrogens is 3. The van der Waals surface area contributed by atoms with Gasteiger partial charge in [0.05, 0.1) is 16.9 Å². The quantitative estimate of drug-likeness (QED) is 0.630. The van der Waals surface area contributed by atoms with E-state index in [4.69, 9.17) is 23.2 Å². The molecule has 2 amide bonds. The van der Waals surface area contributed by atoms with Crippen molar-refractivity contribution in [3.05, 3.63) is 69.7 Å². The highest BCUT2D eigenvalue weighted by atomic mass is 35.5.